The van der Waals surface area contributed by atoms with Gasteiger partial charge in [-0.15, -0.1) is 0 Å². The number of hydrogen-bond donors (Lipinski definition) is 1. The van der Waals surface area contributed by atoms with E-state index in [1.165, 1.54) is 11.5 Å². The molecule has 0 atom stereocenters. The number of carbonyl (C=O) groups excluding carboxylic acids is 1. The van der Waals surface area contributed by atoms with Crippen molar-refractivity contribution in [1.29, 1.82) is 0 Å². The fraction of sp³-hybridized carbons (Fsp3) is 0.429. The van der Waals surface area contributed by atoms with Crippen LogP contribution in [0.1, 0.15) is 12.6 Å². The largest absolute Gasteiger partial charge is 0.346 e. The van der Waals surface area contributed by atoms with Crippen molar-refractivity contribution in [2.75, 3.05) is 5.43 Å². The minimum Gasteiger partial charge on any atom is -0.298 e. The number of rotatable bonds is 1. The average Bonchev–Trinajstić information content (AvgIpc) is 2.17. The minimum atomic E-state index is -0.261. The van der Waals surface area contributed by atoms with Gasteiger partial charge in [-0.1, -0.05) is 0 Å². The van der Waals surface area contributed by atoms with Crippen LogP contribution < -0.4 is 11.1 Å². The zero-order valence-electron chi connectivity index (χ0n) is 7.29. The smallest absolute Gasteiger partial charge is 0.298 e. The molecule has 66 valence electrons. The average molecular weight is 169 g/mol. The van der Waals surface area contributed by atoms with Crippen molar-refractivity contribution < 1.29 is 4.79 Å². The topological polar surface area (TPSA) is 56.0 Å². The predicted octanol–water partition coefficient (Wildman–Crippen LogP) is -0.415. The number of imidazole rings is 1. The maximum atomic E-state index is 11.2. The summed E-state index contributed by atoms with van der Waals surface area (Å²) in [5.41, 5.74) is 2.93. The molecule has 0 radical (unpaired) electrons. The summed E-state index contributed by atoms with van der Waals surface area (Å²) in [7, 11) is 1.65. The molecule has 1 rings (SSSR count). The highest BCUT2D eigenvalue weighted by atomic mass is 16.2. The van der Waals surface area contributed by atoms with Gasteiger partial charge in [0, 0.05) is 19.7 Å². The van der Waals surface area contributed by atoms with Crippen LogP contribution in [-0.4, -0.2) is 15.2 Å². The Morgan fingerprint density at radius 2 is 2.17 bits per heavy atom. The van der Waals surface area contributed by atoms with Crippen LogP contribution in [0, 0.1) is 6.92 Å². The molecule has 5 nitrogen and oxygen atoms in total. The zero-order chi connectivity index (χ0) is 9.30. The molecule has 1 amide bonds. The molecule has 0 fully saturated rings. The molecule has 0 saturated carbocycles. The molecule has 0 aliphatic heterocycles. The lowest BCUT2D eigenvalue weighted by molar-refractivity contribution is -0.115. The Bertz CT molecular complexity index is 361. The highest BCUT2D eigenvalue weighted by molar-refractivity contribution is 5.80. The van der Waals surface area contributed by atoms with Crippen LogP contribution in [0.15, 0.2) is 11.0 Å². The third-order valence-electron chi connectivity index (χ3n) is 1.62. The number of nitrogens with zero attached hydrogens (tertiary/aromatic N) is 2. The molecule has 0 spiro atoms. The van der Waals surface area contributed by atoms with E-state index in [1.54, 1.807) is 20.2 Å². The monoisotopic (exact) mass is 169 g/mol. The lowest BCUT2D eigenvalue weighted by atomic mass is 10.5. The first-order chi connectivity index (χ1) is 5.52. The van der Waals surface area contributed by atoms with Crippen LogP contribution in [0.2, 0.25) is 0 Å². The van der Waals surface area contributed by atoms with E-state index in [-0.39, 0.29) is 11.6 Å². The molecule has 0 aliphatic rings. The van der Waals surface area contributed by atoms with E-state index in [4.69, 9.17) is 0 Å². The summed E-state index contributed by atoms with van der Waals surface area (Å²) in [4.78, 5) is 21.8. The van der Waals surface area contributed by atoms with Gasteiger partial charge in [0.2, 0.25) is 5.91 Å². The second kappa shape index (κ2) is 2.84. The molecular formula is C7H11N3O2. The number of aromatic nitrogens is 2. The van der Waals surface area contributed by atoms with Gasteiger partial charge in [-0.05, 0) is 6.92 Å². The van der Waals surface area contributed by atoms with Gasteiger partial charge in [0.05, 0.1) is 6.20 Å². The SMILES string of the molecule is CC(=O)Nn1cc(C)n(C)c1=O. The molecule has 1 aromatic heterocycles. The summed E-state index contributed by atoms with van der Waals surface area (Å²) in [6.07, 6.45) is 1.57. The van der Waals surface area contributed by atoms with Gasteiger partial charge in [0.25, 0.3) is 0 Å². The van der Waals surface area contributed by atoms with Gasteiger partial charge >= 0.3 is 5.69 Å². The Morgan fingerprint density at radius 1 is 1.58 bits per heavy atom. The quantitative estimate of drug-likeness (QED) is 0.621. The summed E-state index contributed by atoms with van der Waals surface area (Å²) in [6.45, 7) is 3.15. The minimum absolute atomic E-state index is 0.247. The number of aryl methyl sites for hydroxylation is 1. The van der Waals surface area contributed by atoms with Crippen LogP contribution in [0.25, 0.3) is 0 Å². The Morgan fingerprint density at radius 3 is 2.50 bits per heavy atom. The number of carbonyl (C=O) groups is 1. The van der Waals surface area contributed by atoms with E-state index in [0.717, 1.165) is 10.4 Å². The lowest BCUT2D eigenvalue weighted by Crippen LogP contribution is -2.31. The highest BCUT2D eigenvalue weighted by Crippen LogP contribution is 1.89. The van der Waals surface area contributed by atoms with Crippen molar-refractivity contribution in [3.8, 4) is 0 Å². The van der Waals surface area contributed by atoms with Gasteiger partial charge in [-0.2, -0.15) is 0 Å². The first-order valence-corrected chi connectivity index (χ1v) is 3.55. The summed E-state index contributed by atoms with van der Waals surface area (Å²) < 4.78 is 2.62. The van der Waals surface area contributed by atoms with Gasteiger partial charge < -0.3 is 0 Å². The molecule has 0 bridgehead atoms. The van der Waals surface area contributed by atoms with Crippen LogP contribution in [-0.2, 0) is 11.8 Å². The highest BCUT2D eigenvalue weighted by Gasteiger charge is 2.03. The summed E-state index contributed by atoms with van der Waals surface area (Å²) in [5, 5.41) is 0. The second-order valence-electron chi connectivity index (χ2n) is 2.65. The maximum Gasteiger partial charge on any atom is 0.346 e. The third kappa shape index (κ3) is 1.39. The molecule has 0 aliphatic carbocycles. The molecule has 0 saturated heterocycles. The molecule has 1 heterocycles. The van der Waals surface area contributed by atoms with Gasteiger partial charge in [-0.3, -0.25) is 14.8 Å². The van der Waals surface area contributed by atoms with Crippen molar-refractivity contribution in [3.63, 3.8) is 0 Å². The van der Waals surface area contributed by atoms with Crippen molar-refractivity contribution in [2.24, 2.45) is 7.05 Å². The van der Waals surface area contributed by atoms with Gasteiger partial charge in [-0.25, -0.2) is 9.47 Å². The molecule has 12 heavy (non-hydrogen) atoms. The first-order valence-electron chi connectivity index (χ1n) is 3.55. The van der Waals surface area contributed by atoms with E-state index >= 15 is 0 Å². The molecular weight excluding hydrogens is 158 g/mol. The number of nitrogens with one attached hydrogen (secondary N) is 1. The Kier molecular flexibility index (Phi) is 2.03. The van der Waals surface area contributed by atoms with Crippen molar-refractivity contribution in [2.45, 2.75) is 13.8 Å². The fourth-order valence-electron chi connectivity index (χ4n) is 0.891. The van der Waals surface area contributed by atoms with Crippen LogP contribution >= 0.6 is 0 Å². The van der Waals surface area contributed by atoms with Crippen molar-refractivity contribution in [3.05, 3.63) is 22.4 Å². The summed E-state index contributed by atoms with van der Waals surface area (Å²) in [5.74, 6) is -0.261. The van der Waals surface area contributed by atoms with E-state index in [1.807, 2.05) is 0 Å². The Balaban J connectivity index is 3.10. The molecule has 1 aromatic rings. The normalized spacial score (nSPS) is 9.92. The van der Waals surface area contributed by atoms with Gasteiger partial charge in [0.15, 0.2) is 0 Å². The van der Waals surface area contributed by atoms with E-state index in [9.17, 15) is 9.59 Å². The number of amides is 1. The van der Waals surface area contributed by atoms with E-state index in [2.05, 4.69) is 5.43 Å². The standard InChI is InChI=1S/C7H11N3O2/c1-5-4-10(8-6(2)11)7(12)9(5)3/h4H,1-3H3,(H,8,11). The molecule has 1 N–H and O–H groups in total. The second-order valence-corrected chi connectivity index (χ2v) is 2.65. The molecule has 0 aromatic carbocycles. The van der Waals surface area contributed by atoms with Crippen LogP contribution in [0.5, 0.6) is 0 Å². The van der Waals surface area contributed by atoms with E-state index in [0.29, 0.717) is 0 Å². The predicted molar refractivity (Wildman–Crippen MR) is 44.5 cm³/mol. The zero-order valence-corrected chi connectivity index (χ0v) is 7.29. The molecule has 0 unspecified atom stereocenters. The summed E-state index contributed by atoms with van der Waals surface area (Å²) in [6, 6.07) is 0. The number of hydrogen-bond acceptors (Lipinski definition) is 2. The first kappa shape index (κ1) is 8.58. The van der Waals surface area contributed by atoms with Crippen LogP contribution in [0.4, 0.5) is 0 Å². The Hall–Kier alpha value is -1.52. The fourth-order valence-corrected chi connectivity index (χ4v) is 0.891. The lowest BCUT2D eigenvalue weighted by Gasteiger charge is -1.98. The van der Waals surface area contributed by atoms with Crippen LogP contribution in [0.3, 0.4) is 0 Å². The van der Waals surface area contributed by atoms with E-state index < -0.39 is 0 Å². The maximum absolute atomic E-state index is 11.2. The Labute approximate surface area is 69.6 Å². The van der Waals surface area contributed by atoms with Crippen molar-refractivity contribution in [1.82, 2.24) is 9.24 Å². The van der Waals surface area contributed by atoms with Gasteiger partial charge in [0.1, 0.15) is 0 Å². The molecule has 5 heteroatoms. The third-order valence-corrected chi connectivity index (χ3v) is 1.62. The summed E-state index contributed by atoms with van der Waals surface area (Å²) >= 11 is 0. The van der Waals surface area contributed by atoms with Crippen molar-refractivity contribution >= 4 is 5.91 Å².